The summed E-state index contributed by atoms with van der Waals surface area (Å²) >= 11 is 5.78. The van der Waals surface area contributed by atoms with Crippen molar-refractivity contribution in [2.24, 2.45) is 10.2 Å². The lowest BCUT2D eigenvalue weighted by Gasteiger charge is -2.11. The first-order valence-corrected chi connectivity index (χ1v) is 14.8. The molecule has 204 valence electrons. The molecule has 0 saturated heterocycles. The fourth-order valence-corrected chi connectivity index (χ4v) is 5.26. The number of anilines is 3. The van der Waals surface area contributed by atoms with Crippen molar-refractivity contribution in [2.45, 2.75) is 16.7 Å². The molecule has 16 nitrogen and oxygen atoms in total. The maximum atomic E-state index is 12.3. The third-order valence-electron chi connectivity index (χ3n) is 4.50. The number of nitrogens with one attached hydrogen (secondary N) is 1. The molecule has 5 N–H and O–H groups in total. The van der Waals surface area contributed by atoms with Crippen molar-refractivity contribution in [1.82, 2.24) is 15.0 Å². The molecule has 38 heavy (non-hydrogen) atoms. The number of sulfone groups is 1. The highest BCUT2D eigenvalue weighted by Crippen LogP contribution is 2.34. The number of nitrogen functional groups attached to an aromatic ring is 1. The molecule has 2 aromatic carbocycles. The molecule has 1 aromatic heterocycles. The second-order valence-corrected chi connectivity index (χ2v) is 12.2. The van der Waals surface area contributed by atoms with E-state index in [0.29, 0.717) is 0 Å². The number of hydrogen-bond donors (Lipinski definition) is 4. The van der Waals surface area contributed by atoms with Crippen LogP contribution in [0.25, 0.3) is 0 Å². The highest BCUT2D eigenvalue weighted by Gasteiger charge is 2.19. The van der Waals surface area contributed by atoms with Gasteiger partial charge in [0.1, 0.15) is 5.69 Å². The molecule has 0 aliphatic heterocycles. The predicted octanol–water partition coefficient (Wildman–Crippen LogP) is 2.41. The number of aromatic nitrogens is 3. The Kier molecular flexibility index (Phi) is 8.61. The van der Waals surface area contributed by atoms with Crippen molar-refractivity contribution in [1.29, 1.82) is 0 Å². The van der Waals surface area contributed by atoms with E-state index in [2.05, 4.69) is 34.7 Å². The summed E-state index contributed by atoms with van der Waals surface area (Å²) in [4.78, 5) is 10.7. The smallest absolute Gasteiger partial charge is 0.368 e. The fraction of sp³-hybridized carbons (Fsp3) is 0.167. The Balaban J connectivity index is 1.92. The third kappa shape index (κ3) is 8.08. The van der Waals surface area contributed by atoms with E-state index in [9.17, 15) is 29.8 Å². The molecular weight excluding hydrogens is 590 g/mol. The topological polar surface area (TPSA) is 254 Å². The van der Waals surface area contributed by atoms with Gasteiger partial charge in [0.2, 0.25) is 17.2 Å². The molecule has 3 rings (SSSR count). The van der Waals surface area contributed by atoms with Gasteiger partial charge < -0.3 is 11.1 Å². The number of aryl methyl sites for hydroxylation is 1. The average molecular weight is 608 g/mol. The van der Waals surface area contributed by atoms with Gasteiger partial charge in [0, 0.05) is 0 Å². The number of rotatable bonds is 10. The van der Waals surface area contributed by atoms with Gasteiger partial charge in [-0.3, -0.25) is 9.11 Å². The Morgan fingerprint density at radius 2 is 1.66 bits per heavy atom. The van der Waals surface area contributed by atoms with Crippen molar-refractivity contribution in [2.75, 3.05) is 23.4 Å². The van der Waals surface area contributed by atoms with E-state index < -0.39 is 47.6 Å². The molecule has 0 saturated carbocycles. The maximum absolute atomic E-state index is 12.3. The van der Waals surface area contributed by atoms with Crippen LogP contribution in [0.4, 0.5) is 29.0 Å². The highest BCUT2D eigenvalue weighted by atomic mass is 35.5. The molecule has 0 amide bonds. The first-order valence-electron chi connectivity index (χ1n) is 9.96. The molecule has 20 heteroatoms. The van der Waals surface area contributed by atoms with Gasteiger partial charge >= 0.3 is 10.4 Å². The van der Waals surface area contributed by atoms with Gasteiger partial charge in [-0.15, -0.1) is 5.11 Å². The number of benzene rings is 2. The van der Waals surface area contributed by atoms with Crippen LogP contribution in [0, 0.1) is 6.92 Å². The van der Waals surface area contributed by atoms with Crippen LogP contribution in [-0.4, -0.2) is 61.7 Å². The van der Waals surface area contributed by atoms with Gasteiger partial charge in [-0.25, -0.2) is 12.6 Å². The van der Waals surface area contributed by atoms with Crippen molar-refractivity contribution in [3.63, 3.8) is 0 Å². The van der Waals surface area contributed by atoms with Gasteiger partial charge in [-0.2, -0.15) is 36.9 Å². The van der Waals surface area contributed by atoms with Crippen LogP contribution in [0.3, 0.4) is 0 Å². The lowest BCUT2D eigenvalue weighted by molar-refractivity contribution is 0.284. The molecule has 0 atom stereocenters. The molecule has 0 bridgehead atoms. The number of halogens is 1. The standard InChI is InChI=1S/C18H18ClN7O9S3/c1-10-8-13(21-18-23-16(19)22-17(20)24-18)14(9-15(10)37(29,30)31)26-25-11-2-4-12(5-3-11)36(27,28)7-6-35-38(32,33)34/h2-5,8-9H,6-7H2,1H3,(H,29,30,31)(H,32,33,34)(H3,20,21,22,23,24). The summed E-state index contributed by atoms with van der Waals surface area (Å²) in [5, 5.41) is 10.5. The molecule has 0 aliphatic rings. The maximum Gasteiger partial charge on any atom is 0.397 e. The zero-order chi connectivity index (χ0) is 28.3. The summed E-state index contributed by atoms with van der Waals surface area (Å²) in [5.41, 5.74) is 5.91. The Morgan fingerprint density at radius 3 is 2.24 bits per heavy atom. The fourth-order valence-electron chi connectivity index (χ4n) is 2.88. The van der Waals surface area contributed by atoms with Crippen molar-refractivity contribution in [3.05, 3.63) is 47.2 Å². The summed E-state index contributed by atoms with van der Waals surface area (Å²) < 4.78 is 91.4. The Morgan fingerprint density at radius 1 is 1.00 bits per heavy atom. The van der Waals surface area contributed by atoms with Crippen LogP contribution in [0.2, 0.25) is 5.28 Å². The molecule has 0 spiro atoms. The van der Waals surface area contributed by atoms with Gasteiger partial charge in [0.15, 0.2) is 9.84 Å². The monoisotopic (exact) mass is 607 g/mol. The normalized spacial score (nSPS) is 12.6. The van der Waals surface area contributed by atoms with Gasteiger partial charge in [0.05, 0.1) is 33.5 Å². The number of nitrogens with two attached hydrogens (primary N) is 1. The van der Waals surface area contributed by atoms with Crippen LogP contribution in [0.5, 0.6) is 0 Å². The summed E-state index contributed by atoms with van der Waals surface area (Å²) in [6.07, 6.45) is 0. The Labute approximate surface area is 221 Å². The predicted molar refractivity (Wildman–Crippen MR) is 134 cm³/mol. The minimum atomic E-state index is -4.79. The zero-order valence-electron chi connectivity index (χ0n) is 19.0. The third-order valence-corrected chi connectivity index (χ3v) is 7.82. The van der Waals surface area contributed by atoms with Crippen molar-refractivity contribution in [3.8, 4) is 0 Å². The Hall–Kier alpha value is -3.33. The van der Waals surface area contributed by atoms with Gasteiger partial charge in [-0.1, -0.05) is 0 Å². The highest BCUT2D eigenvalue weighted by molar-refractivity contribution is 7.91. The first-order chi connectivity index (χ1) is 17.5. The lowest BCUT2D eigenvalue weighted by atomic mass is 10.2. The molecule has 0 unspecified atom stereocenters. The quantitative estimate of drug-likeness (QED) is 0.191. The van der Waals surface area contributed by atoms with Gasteiger partial charge in [0.25, 0.3) is 10.1 Å². The van der Waals surface area contributed by atoms with Crippen LogP contribution >= 0.6 is 11.6 Å². The lowest BCUT2D eigenvalue weighted by Crippen LogP contribution is -2.15. The van der Waals surface area contributed by atoms with Crippen LogP contribution < -0.4 is 11.1 Å². The SMILES string of the molecule is Cc1cc(Nc2nc(N)nc(Cl)n2)c(N=Nc2ccc(S(=O)(=O)CCOS(=O)(=O)O)cc2)cc1S(=O)(=O)O. The summed E-state index contributed by atoms with van der Waals surface area (Å²) in [7, 11) is -13.4. The molecule has 0 aliphatic carbocycles. The van der Waals surface area contributed by atoms with Crippen LogP contribution in [0.1, 0.15) is 5.56 Å². The van der Waals surface area contributed by atoms with Crippen molar-refractivity contribution >= 4 is 70.9 Å². The first kappa shape index (κ1) is 29.2. The number of hydrogen-bond acceptors (Lipinski definition) is 14. The van der Waals surface area contributed by atoms with E-state index in [1.807, 2.05) is 0 Å². The molecular formula is C18H18ClN7O9S3. The summed E-state index contributed by atoms with van der Waals surface area (Å²) in [6, 6.07) is 7.26. The van der Waals surface area contributed by atoms with E-state index in [0.717, 1.165) is 6.07 Å². The minimum Gasteiger partial charge on any atom is -0.368 e. The van der Waals surface area contributed by atoms with Gasteiger partial charge in [-0.05, 0) is 60.5 Å². The molecule has 1 heterocycles. The van der Waals surface area contributed by atoms with Crippen LogP contribution in [-0.2, 0) is 34.5 Å². The van der Waals surface area contributed by atoms with E-state index in [-0.39, 0.29) is 44.7 Å². The summed E-state index contributed by atoms with van der Waals surface area (Å²) in [5.74, 6) is -1.01. The van der Waals surface area contributed by atoms with Crippen LogP contribution in [0.15, 0.2) is 56.4 Å². The average Bonchev–Trinajstić information content (AvgIpc) is 2.76. The van der Waals surface area contributed by atoms with Crippen molar-refractivity contribution < 1.29 is 38.5 Å². The van der Waals surface area contributed by atoms with E-state index in [4.69, 9.17) is 21.9 Å². The number of nitrogens with zero attached hydrogens (tertiary/aromatic N) is 5. The second kappa shape index (κ2) is 11.2. The van der Waals surface area contributed by atoms with E-state index in [1.54, 1.807) is 0 Å². The molecule has 0 fully saturated rings. The number of azo groups is 1. The second-order valence-electron chi connectivity index (χ2n) is 7.28. The van der Waals surface area contributed by atoms with E-state index in [1.165, 1.54) is 37.3 Å². The van der Waals surface area contributed by atoms with E-state index >= 15 is 0 Å². The Bertz CT molecular complexity index is 1690. The largest absolute Gasteiger partial charge is 0.397 e. The zero-order valence-corrected chi connectivity index (χ0v) is 22.3. The molecule has 0 radical (unpaired) electrons. The molecule has 3 aromatic rings. The summed E-state index contributed by atoms with van der Waals surface area (Å²) in [6.45, 7) is 0.629. The minimum absolute atomic E-state index is 0.0857.